The second-order valence-corrected chi connectivity index (χ2v) is 4.63. The molecule has 6 nitrogen and oxygen atoms in total. The number of fused-ring (bicyclic) bond motifs is 1. The zero-order valence-corrected chi connectivity index (χ0v) is 11.9. The summed E-state index contributed by atoms with van der Waals surface area (Å²) in [5, 5.41) is 1.60. The summed E-state index contributed by atoms with van der Waals surface area (Å²) in [7, 11) is 0. The zero-order valence-electron chi connectivity index (χ0n) is 11.9. The maximum Gasteiger partial charge on any atom is 0.405 e. The third-order valence-corrected chi connectivity index (χ3v) is 2.73. The lowest BCUT2D eigenvalue weighted by atomic mass is 10.3. The summed E-state index contributed by atoms with van der Waals surface area (Å²) in [6.45, 7) is -2.23. The van der Waals surface area contributed by atoms with E-state index < -0.39 is 31.2 Å². The predicted molar refractivity (Wildman–Crippen MR) is 72.4 cm³/mol. The smallest absolute Gasteiger partial charge is 0.405 e. The Kier molecular flexibility index (Phi) is 5.20. The van der Waals surface area contributed by atoms with Gasteiger partial charge < -0.3 is 14.5 Å². The molecular weight excluding hydrogens is 317 g/mol. The molecule has 0 bridgehead atoms. The number of nitrogens with zero attached hydrogens (tertiary/aromatic N) is 1. The van der Waals surface area contributed by atoms with Crippen molar-refractivity contribution in [2.24, 2.45) is 0 Å². The number of carbonyl (C=O) groups is 2. The average Bonchev–Trinajstić information content (AvgIpc) is 2.91. The van der Waals surface area contributed by atoms with E-state index in [1.54, 1.807) is 29.6 Å². The lowest BCUT2D eigenvalue weighted by Gasteiger charge is -2.08. The summed E-state index contributed by atoms with van der Waals surface area (Å²) < 4.78 is 45.6. The number of rotatable bonds is 6. The van der Waals surface area contributed by atoms with Gasteiger partial charge in [0.05, 0.1) is 6.42 Å². The Morgan fingerprint density at radius 2 is 2.00 bits per heavy atom. The fraction of sp³-hybridized carbons (Fsp3) is 0.357. The molecule has 0 aliphatic rings. The van der Waals surface area contributed by atoms with Gasteiger partial charge in [-0.05, 0) is 12.1 Å². The quantitative estimate of drug-likeness (QED) is 0.819. The summed E-state index contributed by atoms with van der Waals surface area (Å²) >= 11 is 0. The van der Waals surface area contributed by atoms with Gasteiger partial charge in [0.25, 0.3) is 5.91 Å². The van der Waals surface area contributed by atoms with Crippen LogP contribution >= 0.6 is 0 Å². The maximum absolute atomic E-state index is 11.9. The van der Waals surface area contributed by atoms with E-state index in [1.165, 1.54) is 0 Å². The zero-order chi connectivity index (χ0) is 16.9. The number of aryl methyl sites for hydroxylation is 1. The topological polar surface area (TPSA) is 81.4 Å². The number of carbonyl (C=O) groups excluding carboxylic acids is 2. The average molecular weight is 330 g/mol. The van der Waals surface area contributed by atoms with E-state index >= 15 is 0 Å². The molecule has 0 aliphatic heterocycles. The minimum Gasteiger partial charge on any atom is -0.456 e. The first-order chi connectivity index (χ1) is 10.8. The number of aromatic nitrogens is 1. The Balaban J connectivity index is 1.71. The highest BCUT2D eigenvalue weighted by Crippen LogP contribution is 2.15. The van der Waals surface area contributed by atoms with Gasteiger partial charge in [-0.25, -0.2) is 4.98 Å². The van der Waals surface area contributed by atoms with Crippen LogP contribution in [0.4, 0.5) is 13.2 Å². The van der Waals surface area contributed by atoms with Crippen molar-refractivity contribution < 1.29 is 31.9 Å². The van der Waals surface area contributed by atoms with E-state index in [0.29, 0.717) is 17.0 Å². The number of hydrogen-bond donors (Lipinski definition) is 1. The first-order valence-corrected chi connectivity index (χ1v) is 6.67. The molecule has 0 fully saturated rings. The summed E-state index contributed by atoms with van der Waals surface area (Å²) in [5.41, 5.74) is 1.24. The molecule has 124 valence electrons. The number of alkyl halides is 3. The Hall–Kier alpha value is -2.58. The molecule has 0 saturated heterocycles. The van der Waals surface area contributed by atoms with Gasteiger partial charge in [-0.3, -0.25) is 9.59 Å². The van der Waals surface area contributed by atoms with Gasteiger partial charge in [-0.2, -0.15) is 13.2 Å². The molecule has 1 aromatic heterocycles. The fourth-order valence-electron chi connectivity index (χ4n) is 1.70. The monoisotopic (exact) mass is 330 g/mol. The molecule has 0 radical (unpaired) electrons. The van der Waals surface area contributed by atoms with Crippen molar-refractivity contribution in [1.29, 1.82) is 0 Å². The van der Waals surface area contributed by atoms with E-state index in [1.807, 2.05) is 0 Å². The standard InChI is InChI=1S/C14H13F3N2O4/c15-14(16,17)8-18-11(20)7-22-13(21)6-5-12-19-9-3-1-2-4-10(9)23-12/h1-4H,5-8H2,(H,18,20). The lowest BCUT2D eigenvalue weighted by Crippen LogP contribution is -2.36. The first-order valence-electron chi connectivity index (χ1n) is 6.67. The molecule has 0 spiro atoms. The van der Waals surface area contributed by atoms with Gasteiger partial charge in [-0.1, -0.05) is 12.1 Å². The third-order valence-electron chi connectivity index (χ3n) is 2.73. The highest BCUT2D eigenvalue weighted by atomic mass is 19.4. The molecule has 2 rings (SSSR count). The van der Waals surface area contributed by atoms with Crippen molar-refractivity contribution in [3.63, 3.8) is 0 Å². The normalized spacial score (nSPS) is 11.4. The van der Waals surface area contributed by atoms with Crippen LogP contribution in [-0.2, 0) is 20.7 Å². The fourth-order valence-corrected chi connectivity index (χ4v) is 1.70. The first kappa shape index (κ1) is 16.8. The summed E-state index contributed by atoms with van der Waals surface area (Å²) in [6.07, 6.45) is -4.44. The van der Waals surface area contributed by atoms with Crippen LogP contribution in [0, 0.1) is 0 Å². The van der Waals surface area contributed by atoms with Crippen molar-refractivity contribution >= 4 is 23.0 Å². The van der Waals surface area contributed by atoms with Gasteiger partial charge in [0.2, 0.25) is 0 Å². The molecule has 1 N–H and O–H groups in total. The van der Waals surface area contributed by atoms with E-state index in [0.717, 1.165) is 0 Å². The molecule has 1 heterocycles. The minimum atomic E-state index is -4.51. The Morgan fingerprint density at radius 3 is 2.70 bits per heavy atom. The van der Waals surface area contributed by atoms with Crippen LogP contribution in [0.3, 0.4) is 0 Å². The summed E-state index contributed by atoms with van der Waals surface area (Å²) in [4.78, 5) is 26.7. The predicted octanol–water partition coefficient (Wildman–Crippen LogP) is 1.98. The number of oxazole rings is 1. The molecule has 0 unspecified atom stereocenters. The van der Waals surface area contributed by atoms with Gasteiger partial charge in [-0.15, -0.1) is 0 Å². The molecule has 2 aromatic rings. The maximum atomic E-state index is 11.9. The molecule has 1 amide bonds. The molecule has 0 atom stereocenters. The number of halogens is 3. The van der Waals surface area contributed by atoms with Gasteiger partial charge in [0, 0.05) is 6.42 Å². The van der Waals surface area contributed by atoms with Crippen molar-refractivity contribution in [3.8, 4) is 0 Å². The SMILES string of the molecule is O=C(COC(=O)CCc1nc2ccccc2o1)NCC(F)(F)F. The van der Waals surface area contributed by atoms with E-state index in [-0.39, 0.29) is 12.8 Å². The number of benzene rings is 1. The molecule has 0 aliphatic carbocycles. The summed E-state index contributed by atoms with van der Waals surface area (Å²) in [5.74, 6) is -1.41. The molecule has 9 heteroatoms. The van der Waals surface area contributed by atoms with Crippen molar-refractivity contribution in [1.82, 2.24) is 10.3 Å². The highest BCUT2D eigenvalue weighted by Gasteiger charge is 2.27. The largest absolute Gasteiger partial charge is 0.456 e. The van der Waals surface area contributed by atoms with Crippen molar-refractivity contribution in [3.05, 3.63) is 30.2 Å². The van der Waals surface area contributed by atoms with E-state index in [9.17, 15) is 22.8 Å². The van der Waals surface area contributed by atoms with Gasteiger partial charge in [0.1, 0.15) is 12.1 Å². The second-order valence-electron chi connectivity index (χ2n) is 4.63. The van der Waals surface area contributed by atoms with Crippen LogP contribution in [0.25, 0.3) is 11.1 Å². The number of para-hydroxylation sites is 2. The second kappa shape index (κ2) is 7.12. The lowest BCUT2D eigenvalue weighted by molar-refractivity contribution is -0.151. The Morgan fingerprint density at radius 1 is 1.26 bits per heavy atom. The van der Waals surface area contributed by atoms with Crippen LogP contribution < -0.4 is 5.32 Å². The van der Waals surface area contributed by atoms with Gasteiger partial charge in [0.15, 0.2) is 18.1 Å². The number of amides is 1. The van der Waals surface area contributed by atoms with E-state index in [2.05, 4.69) is 9.72 Å². The third kappa shape index (κ3) is 5.61. The van der Waals surface area contributed by atoms with Crippen LogP contribution in [0.15, 0.2) is 28.7 Å². The van der Waals surface area contributed by atoms with Crippen LogP contribution in [0.1, 0.15) is 12.3 Å². The summed E-state index contributed by atoms with van der Waals surface area (Å²) in [6, 6.07) is 7.06. The molecular formula is C14H13F3N2O4. The number of ether oxygens (including phenoxy) is 1. The van der Waals surface area contributed by atoms with E-state index in [4.69, 9.17) is 4.42 Å². The Bertz CT molecular complexity index is 664. The molecule has 0 saturated carbocycles. The van der Waals surface area contributed by atoms with Crippen LogP contribution in [-0.4, -0.2) is 36.2 Å². The van der Waals surface area contributed by atoms with Crippen LogP contribution in [0.2, 0.25) is 0 Å². The number of nitrogens with one attached hydrogen (secondary N) is 1. The van der Waals surface area contributed by atoms with Gasteiger partial charge >= 0.3 is 12.1 Å². The molecule has 1 aromatic carbocycles. The Labute approximate surface area is 128 Å². The number of esters is 1. The van der Waals surface area contributed by atoms with Crippen molar-refractivity contribution in [2.75, 3.05) is 13.2 Å². The van der Waals surface area contributed by atoms with Crippen molar-refractivity contribution in [2.45, 2.75) is 19.0 Å². The van der Waals surface area contributed by atoms with Crippen LogP contribution in [0.5, 0.6) is 0 Å². The minimum absolute atomic E-state index is 0.0978. The highest BCUT2D eigenvalue weighted by molar-refractivity contribution is 5.80. The number of hydrogen-bond acceptors (Lipinski definition) is 5. The molecule has 23 heavy (non-hydrogen) atoms.